The standard InChI is InChI=1S/C14H11ClN2OS/c15-10-4-3-5-11(16)9(10)8-19-14-17-12-6-1-2-7-13(12)18-14/h1-7H,8,16H2. The highest BCUT2D eigenvalue weighted by Gasteiger charge is 2.09. The van der Waals surface area contributed by atoms with Gasteiger partial charge in [0.15, 0.2) is 5.58 Å². The largest absolute Gasteiger partial charge is 0.431 e. The Kier molecular flexibility index (Phi) is 3.36. The number of nitrogen functional groups attached to an aromatic ring is 1. The summed E-state index contributed by atoms with van der Waals surface area (Å²) in [4.78, 5) is 4.40. The number of hydrogen-bond donors (Lipinski definition) is 1. The monoisotopic (exact) mass is 290 g/mol. The maximum atomic E-state index is 6.13. The maximum Gasteiger partial charge on any atom is 0.257 e. The Morgan fingerprint density at radius 2 is 2.00 bits per heavy atom. The van der Waals surface area contributed by atoms with Gasteiger partial charge in [0.25, 0.3) is 5.22 Å². The van der Waals surface area contributed by atoms with Gasteiger partial charge < -0.3 is 10.2 Å². The fourth-order valence-electron chi connectivity index (χ4n) is 1.77. The topological polar surface area (TPSA) is 52.0 Å². The van der Waals surface area contributed by atoms with E-state index in [1.165, 1.54) is 11.8 Å². The quantitative estimate of drug-likeness (QED) is 0.575. The molecule has 3 rings (SSSR count). The summed E-state index contributed by atoms with van der Waals surface area (Å²) in [6.45, 7) is 0. The van der Waals surface area contributed by atoms with Crippen molar-refractivity contribution in [2.24, 2.45) is 0 Å². The van der Waals surface area contributed by atoms with Crippen molar-refractivity contribution in [1.29, 1.82) is 0 Å². The minimum absolute atomic E-state index is 0.625. The number of halogens is 1. The van der Waals surface area contributed by atoms with E-state index >= 15 is 0 Å². The predicted molar refractivity (Wildman–Crippen MR) is 79.4 cm³/mol. The highest BCUT2D eigenvalue weighted by Crippen LogP contribution is 2.31. The number of hydrogen-bond acceptors (Lipinski definition) is 4. The maximum absolute atomic E-state index is 6.13. The molecule has 0 aliphatic rings. The fraction of sp³-hybridized carbons (Fsp3) is 0.0714. The lowest BCUT2D eigenvalue weighted by molar-refractivity contribution is 0.489. The summed E-state index contributed by atoms with van der Waals surface area (Å²) in [7, 11) is 0. The number of aromatic nitrogens is 1. The Hall–Kier alpha value is -1.65. The molecule has 2 N–H and O–H groups in total. The molecule has 3 aromatic rings. The van der Waals surface area contributed by atoms with Crippen molar-refractivity contribution < 1.29 is 4.42 Å². The normalized spacial score (nSPS) is 11.0. The second-order valence-electron chi connectivity index (χ2n) is 4.04. The van der Waals surface area contributed by atoms with Crippen LogP contribution in [0.4, 0.5) is 5.69 Å². The molecule has 0 aliphatic carbocycles. The molecule has 0 fully saturated rings. The zero-order valence-electron chi connectivity index (χ0n) is 9.97. The van der Waals surface area contributed by atoms with Gasteiger partial charge in [0.1, 0.15) is 5.52 Å². The van der Waals surface area contributed by atoms with Crippen LogP contribution in [0, 0.1) is 0 Å². The van der Waals surface area contributed by atoms with E-state index in [9.17, 15) is 0 Å². The Balaban J connectivity index is 1.82. The lowest BCUT2D eigenvalue weighted by Gasteiger charge is -2.05. The summed E-state index contributed by atoms with van der Waals surface area (Å²) in [6.07, 6.45) is 0. The number of thioether (sulfide) groups is 1. The van der Waals surface area contributed by atoms with Gasteiger partial charge >= 0.3 is 0 Å². The van der Waals surface area contributed by atoms with Gasteiger partial charge in [0, 0.05) is 22.0 Å². The van der Waals surface area contributed by atoms with Gasteiger partial charge in [0.2, 0.25) is 0 Å². The van der Waals surface area contributed by atoms with E-state index in [-0.39, 0.29) is 0 Å². The molecular formula is C14H11ClN2OS. The van der Waals surface area contributed by atoms with Crippen molar-refractivity contribution in [3.8, 4) is 0 Å². The average molecular weight is 291 g/mol. The third-order valence-electron chi connectivity index (χ3n) is 2.77. The van der Waals surface area contributed by atoms with Crippen molar-refractivity contribution >= 4 is 40.1 Å². The van der Waals surface area contributed by atoms with Gasteiger partial charge in [-0.15, -0.1) is 0 Å². The molecule has 96 valence electrons. The molecule has 0 saturated carbocycles. The summed E-state index contributed by atoms with van der Waals surface area (Å²) in [5.41, 5.74) is 9.16. The van der Waals surface area contributed by atoms with Crippen LogP contribution in [-0.4, -0.2) is 4.98 Å². The predicted octanol–water partition coefficient (Wildman–Crippen LogP) is 4.36. The molecule has 19 heavy (non-hydrogen) atoms. The lowest BCUT2D eigenvalue weighted by atomic mass is 10.2. The summed E-state index contributed by atoms with van der Waals surface area (Å²) < 4.78 is 5.64. The van der Waals surface area contributed by atoms with Crippen LogP contribution >= 0.6 is 23.4 Å². The van der Waals surface area contributed by atoms with Crippen LogP contribution < -0.4 is 5.73 Å². The first-order valence-corrected chi connectivity index (χ1v) is 7.11. The van der Waals surface area contributed by atoms with Gasteiger partial charge in [-0.05, 0) is 24.3 Å². The lowest BCUT2D eigenvalue weighted by Crippen LogP contribution is -1.93. The molecule has 2 aromatic carbocycles. The fourth-order valence-corrected chi connectivity index (χ4v) is 3.00. The number of para-hydroxylation sites is 2. The van der Waals surface area contributed by atoms with Gasteiger partial charge in [-0.1, -0.05) is 41.6 Å². The smallest absolute Gasteiger partial charge is 0.257 e. The van der Waals surface area contributed by atoms with Crippen LogP contribution in [-0.2, 0) is 5.75 Å². The number of benzene rings is 2. The average Bonchev–Trinajstić information content (AvgIpc) is 2.81. The molecule has 0 radical (unpaired) electrons. The van der Waals surface area contributed by atoms with Crippen LogP contribution in [0.5, 0.6) is 0 Å². The van der Waals surface area contributed by atoms with Crippen molar-refractivity contribution in [2.45, 2.75) is 11.0 Å². The van der Waals surface area contributed by atoms with Crippen LogP contribution in [0.3, 0.4) is 0 Å². The van der Waals surface area contributed by atoms with E-state index in [1.54, 1.807) is 0 Å². The third-order valence-corrected chi connectivity index (χ3v) is 3.98. The van der Waals surface area contributed by atoms with Crippen molar-refractivity contribution in [2.75, 3.05) is 5.73 Å². The Morgan fingerprint density at radius 3 is 2.79 bits per heavy atom. The molecule has 0 unspecified atom stereocenters. The number of nitrogens with two attached hydrogens (primary N) is 1. The first-order chi connectivity index (χ1) is 9.24. The zero-order chi connectivity index (χ0) is 13.2. The van der Waals surface area contributed by atoms with E-state index in [1.807, 2.05) is 42.5 Å². The van der Waals surface area contributed by atoms with E-state index in [2.05, 4.69) is 4.98 Å². The molecule has 0 spiro atoms. The van der Waals surface area contributed by atoms with Crippen molar-refractivity contribution in [1.82, 2.24) is 4.98 Å². The summed E-state index contributed by atoms with van der Waals surface area (Å²) in [5, 5.41) is 1.30. The molecule has 0 saturated heterocycles. The molecule has 0 atom stereocenters. The Labute approximate surface area is 119 Å². The molecule has 0 amide bonds. The molecule has 1 heterocycles. The van der Waals surface area contributed by atoms with Crippen LogP contribution in [0.2, 0.25) is 5.02 Å². The van der Waals surface area contributed by atoms with Gasteiger partial charge in [-0.3, -0.25) is 0 Å². The molecule has 3 nitrogen and oxygen atoms in total. The van der Waals surface area contributed by atoms with E-state index in [0.29, 0.717) is 21.7 Å². The first kappa shape index (κ1) is 12.4. The number of rotatable bonds is 3. The Bertz CT molecular complexity index is 673. The highest BCUT2D eigenvalue weighted by atomic mass is 35.5. The molecule has 1 aromatic heterocycles. The second-order valence-corrected chi connectivity index (χ2v) is 5.38. The van der Waals surface area contributed by atoms with E-state index < -0.39 is 0 Å². The summed E-state index contributed by atoms with van der Waals surface area (Å²) in [5.74, 6) is 0.637. The molecular weight excluding hydrogens is 280 g/mol. The molecule has 0 aliphatic heterocycles. The van der Waals surface area contributed by atoms with Crippen LogP contribution in [0.15, 0.2) is 52.1 Å². The first-order valence-electron chi connectivity index (χ1n) is 5.75. The number of fused-ring (bicyclic) bond motifs is 1. The third kappa shape index (κ3) is 2.55. The zero-order valence-corrected chi connectivity index (χ0v) is 11.5. The highest BCUT2D eigenvalue weighted by molar-refractivity contribution is 7.98. The van der Waals surface area contributed by atoms with Crippen LogP contribution in [0.1, 0.15) is 5.56 Å². The molecule has 5 heteroatoms. The molecule has 0 bridgehead atoms. The van der Waals surface area contributed by atoms with E-state index in [4.69, 9.17) is 21.8 Å². The van der Waals surface area contributed by atoms with Crippen LogP contribution in [0.25, 0.3) is 11.1 Å². The minimum Gasteiger partial charge on any atom is -0.431 e. The van der Waals surface area contributed by atoms with Gasteiger partial charge in [-0.25, -0.2) is 4.98 Å². The SMILES string of the molecule is Nc1cccc(Cl)c1CSc1nc2ccccc2o1. The van der Waals surface area contributed by atoms with Gasteiger partial charge in [0.05, 0.1) is 0 Å². The number of anilines is 1. The van der Waals surface area contributed by atoms with Crippen molar-refractivity contribution in [3.63, 3.8) is 0 Å². The second kappa shape index (κ2) is 5.15. The summed E-state index contributed by atoms with van der Waals surface area (Å²) in [6, 6.07) is 13.2. The minimum atomic E-state index is 0.625. The number of oxazole rings is 1. The number of nitrogens with zero attached hydrogens (tertiary/aromatic N) is 1. The van der Waals surface area contributed by atoms with Crippen molar-refractivity contribution in [3.05, 3.63) is 53.1 Å². The van der Waals surface area contributed by atoms with E-state index in [0.717, 1.165) is 16.7 Å². The Morgan fingerprint density at radius 1 is 1.16 bits per heavy atom. The van der Waals surface area contributed by atoms with Gasteiger partial charge in [-0.2, -0.15) is 0 Å². The summed E-state index contributed by atoms with van der Waals surface area (Å²) >= 11 is 7.62.